The number of nitro benzene ring substituents is 1. The van der Waals surface area contributed by atoms with Gasteiger partial charge in [-0.15, -0.1) is 0 Å². The van der Waals surface area contributed by atoms with Crippen molar-refractivity contribution in [3.63, 3.8) is 0 Å². The number of benzene rings is 1. The SMILES string of the molecule is C[C@H](Nc1ncnc2c1ncn2[C@H]1C[C@@H](O)[C@@H](COP(=O)(O)OP(=O)(O)OP(=O)(O)O)O1)c1ccc(C#CCN)cc1[N+](=O)[O-]. The average Bonchev–Trinajstić information content (AvgIpc) is 3.52. The van der Waals surface area contributed by atoms with E-state index in [-0.39, 0.29) is 35.6 Å². The molecule has 1 aromatic carbocycles. The van der Waals surface area contributed by atoms with Gasteiger partial charge in [0.2, 0.25) is 0 Å². The van der Waals surface area contributed by atoms with Gasteiger partial charge in [0.25, 0.3) is 5.69 Å². The molecule has 24 heteroatoms. The second-order valence-corrected chi connectivity index (χ2v) is 13.7. The summed E-state index contributed by atoms with van der Waals surface area (Å²) in [5.74, 6) is 5.61. The number of imidazole rings is 1. The number of anilines is 1. The first-order valence-electron chi connectivity index (χ1n) is 12.5. The van der Waals surface area contributed by atoms with Crippen LogP contribution in [0.25, 0.3) is 11.2 Å². The van der Waals surface area contributed by atoms with Crippen molar-refractivity contribution in [2.24, 2.45) is 5.73 Å². The Labute approximate surface area is 253 Å². The minimum atomic E-state index is -5.72. The Bertz CT molecular complexity index is 1790. The van der Waals surface area contributed by atoms with Crippen LogP contribution in [0.5, 0.6) is 0 Å². The van der Waals surface area contributed by atoms with E-state index in [4.69, 9.17) is 20.3 Å². The second kappa shape index (κ2) is 13.7. The van der Waals surface area contributed by atoms with Crippen molar-refractivity contribution in [1.29, 1.82) is 0 Å². The van der Waals surface area contributed by atoms with E-state index in [0.717, 1.165) is 0 Å². The summed E-state index contributed by atoms with van der Waals surface area (Å²) >= 11 is 0. The fraction of sp³-hybridized carbons (Fsp3) is 0.381. The largest absolute Gasteiger partial charge is 0.490 e. The zero-order chi connectivity index (χ0) is 33.2. The molecule has 1 aliphatic rings. The predicted octanol–water partition coefficient (Wildman–Crippen LogP) is 1.21. The van der Waals surface area contributed by atoms with E-state index in [2.05, 4.69) is 45.3 Å². The fourth-order valence-corrected chi connectivity index (χ4v) is 7.29. The van der Waals surface area contributed by atoms with Gasteiger partial charge in [-0.1, -0.05) is 11.8 Å². The van der Waals surface area contributed by atoms with Gasteiger partial charge >= 0.3 is 23.5 Å². The highest BCUT2D eigenvalue weighted by Crippen LogP contribution is 2.66. The molecule has 0 bridgehead atoms. The normalized spacial score (nSPS) is 21.8. The van der Waals surface area contributed by atoms with Crippen molar-refractivity contribution in [3.05, 3.63) is 52.1 Å². The summed E-state index contributed by atoms with van der Waals surface area (Å²) in [7, 11) is -16.7. The van der Waals surface area contributed by atoms with E-state index < -0.39 is 59.5 Å². The van der Waals surface area contributed by atoms with Gasteiger partial charge in [-0.05, 0) is 19.1 Å². The molecule has 8 N–H and O–H groups in total. The molecule has 4 rings (SSSR count). The number of nitrogens with zero attached hydrogens (tertiary/aromatic N) is 5. The molecule has 0 aliphatic carbocycles. The third-order valence-electron chi connectivity index (χ3n) is 6.07. The topological polar surface area (TPSA) is 314 Å². The number of aromatic nitrogens is 4. The van der Waals surface area contributed by atoms with E-state index >= 15 is 0 Å². The summed E-state index contributed by atoms with van der Waals surface area (Å²) in [4.78, 5) is 60.1. The summed E-state index contributed by atoms with van der Waals surface area (Å²) in [5, 5.41) is 25.3. The Morgan fingerprint density at radius 1 is 1.20 bits per heavy atom. The lowest BCUT2D eigenvalue weighted by atomic mass is 10.0. The number of rotatable bonds is 12. The highest BCUT2D eigenvalue weighted by molar-refractivity contribution is 7.66. The zero-order valence-corrected chi connectivity index (χ0v) is 25.6. The number of nitrogens with one attached hydrogen (secondary N) is 1. The van der Waals surface area contributed by atoms with E-state index in [1.54, 1.807) is 19.1 Å². The lowest BCUT2D eigenvalue weighted by Crippen LogP contribution is -2.26. The molecule has 1 fully saturated rings. The number of ether oxygens (including phenoxy) is 1. The van der Waals surface area contributed by atoms with Crippen LogP contribution in [-0.4, -0.2) is 74.5 Å². The van der Waals surface area contributed by atoms with Crippen molar-refractivity contribution >= 4 is 46.1 Å². The first-order valence-corrected chi connectivity index (χ1v) is 17.0. The maximum absolute atomic E-state index is 12.0. The highest BCUT2D eigenvalue weighted by atomic mass is 31.3. The minimum absolute atomic E-state index is 0.0926. The molecule has 0 amide bonds. The van der Waals surface area contributed by atoms with Crippen LogP contribution in [0.1, 0.15) is 36.7 Å². The Balaban J connectivity index is 1.47. The number of fused-ring (bicyclic) bond motifs is 1. The summed E-state index contributed by atoms with van der Waals surface area (Å²) in [6.07, 6.45) is -1.08. The molecule has 0 spiro atoms. The Hall–Kier alpha value is -3.18. The zero-order valence-electron chi connectivity index (χ0n) is 22.9. The van der Waals surface area contributed by atoms with E-state index in [1.807, 2.05) is 0 Å². The molecule has 0 radical (unpaired) electrons. The number of phosphoric ester groups is 1. The van der Waals surface area contributed by atoms with Crippen LogP contribution in [0.2, 0.25) is 0 Å². The number of nitro groups is 1. The van der Waals surface area contributed by atoms with Gasteiger partial charge in [0, 0.05) is 18.1 Å². The molecule has 45 heavy (non-hydrogen) atoms. The van der Waals surface area contributed by atoms with Crippen molar-refractivity contribution in [2.45, 2.75) is 37.8 Å². The second-order valence-electron chi connectivity index (χ2n) is 9.27. The van der Waals surface area contributed by atoms with E-state index in [1.165, 1.54) is 23.3 Å². The van der Waals surface area contributed by atoms with Crippen molar-refractivity contribution in [3.8, 4) is 11.8 Å². The van der Waals surface area contributed by atoms with Gasteiger partial charge in [0.1, 0.15) is 18.7 Å². The maximum Gasteiger partial charge on any atom is 0.490 e. The molecule has 0 saturated carbocycles. The minimum Gasteiger partial charge on any atom is -0.390 e. The molecule has 3 aromatic rings. The number of aliphatic hydroxyl groups is 1. The predicted molar refractivity (Wildman–Crippen MR) is 151 cm³/mol. The monoisotopic (exact) mass is 693 g/mol. The number of hydrogen-bond acceptors (Lipinski definition) is 15. The van der Waals surface area contributed by atoms with Crippen LogP contribution >= 0.6 is 23.5 Å². The van der Waals surface area contributed by atoms with Gasteiger partial charge < -0.3 is 40.5 Å². The van der Waals surface area contributed by atoms with Crippen molar-refractivity contribution < 1.29 is 61.2 Å². The number of hydrogen-bond donors (Lipinski definition) is 7. The van der Waals surface area contributed by atoms with Crippen LogP contribution in [0, 0.1) is 22.0 Å². The first kappa shape index (κ1) is 34.7. The summed E-state index contributed by atoms with van der Waals surface area (Å²) in [5.41, 5.74) is 6.43. The molecule has 1 aliphatic heterocycles. The van der Waals surface area contributed by atoms with Gasteiger partial charge in [-0.2, -0.15) is 8.62 Å². The van der Waals surface area contributed by atoms with Crippen LogP contribution in [-0.2, 0) is 31.6 Å². The molecule has 1 saturated heterocycles. The third-order valence-corrected chi connectivity index (χ3v) is 9.88. The summed E-state index contributed by atoms with van der Waals surface area (Å²) < 4.78 is 53.3. The molecule has 21 nitrogen and oxygen atoms in total. The van der Waals surface area contributed by atoms with Gasteiger partial charge in [-0.3, -0.25) is 19.2 Å². The fourth-order valence-electron chi connectivity index (χ4n) is 4.26. The average molecular weight is 693 g/mol. The highest BCUT2D eigenvalue weighted by Gasteiger charge is 2.43. The molecule has 3 heterocycles. The summed E-state index contributed by atoms with van der Waals surface area (Å²) in [6, 6.07) is 3.89. The molecule has 2 aromatic heterocycles. The lowest BCUT2D eigenvalue weighted by Gasteiger charge is -2.19. The smallest absolute Gasteiger partial charge is 0.390 e. The van der Waals surface area contributed by atoms with Gasteiger partial charge in [0.15, 0.2) is 17.0 Å². The quantitative estimate of drug-likeness (QED) is 0.0606. The van der Waals surface area contributed by atoms with Crippen molar-refractivity contribution in [2.75, 3.05) is 18.5 Å². The third kappa shape index (κ3) is 8.97. The molecule has 2 unspecified atom stereocenters. The number of phosphoric acid groups is 3. The van der Waals surface area contributed by atoms with E-state index in [9.17, 15) is 38.7 Å². The molecule has 6 atom stereocenters. The molecular formula is C21H26N7O14P3. The van der Waals surface area contributed by atoms with Crippen LogP contribution < -0.4 is 11.1 Å². The molecular weight excluding hydrogens is 667 g/mol. The van der Waals surface area contributed by atoms with Gasteiger partial charge in [0.05, 0.1) is 42.1 Å². The van der Waals surface area contributed by atoms with Gasteiger partial charge in [-0.25, -0.2) is 28.6 Å². The van der Waals surface area contributed by atoms with Crippen LogP contribution in [0.15, 0.2) is 30.9 Å². The summed E-state index contributed by atoms with van der Waals surface area (Å²) in [6.45, 7) is 0.914. The van der Waals surface area contributed by atoms with E-state index in [0.29, 0.717) is 11.1 Å². The first-order chi connectivity index (χ1) is 21.0. The molecule has 244 valence electrons. The Morgan fingerprint density at radius 2 is 1.93 bits per heavy atom. The number of aliphatic hydroxyl groups excluding tert-OH is 1. The van der Waals surface area contributed by atoms with Crippen molar-refractivity contribution in [1.82, 2.24) is 19.5 Å². The Morgan fingerprint density at radius 3 is 2.60 bits per heavy atom. The Kier molecular flexibility index (Phi) is 10.5. The van der Waals surface area contributed by atoms with Crippen LogP contribution in [0.3, 0.4) is 0 Å². The standard InChI is InChI=1S/C21H26N7O14P3/c1-12(14-5-4-13(3-2-6-22)7-15(14)28(30)31)26-20-19-21(24-10-23-20)27(11-25-19)18-8-16(29)17(40-18)9-39-44(35,36)42-45(37,38)41-43(32,33)34/h4-5,7,10-12,16-18,29H,6,8-9,22H2,1H3,(H,35,36)(H,37,38)(H,23,24,26)(H2,32,33,34)/t12-,16+,17+,18+/m0/s1. The maximum atomic E-state index is 12.0. The lowest BCUT2D eigenvalue weighted by molar-refractivity contribution is -0.385. The van der Waals surface area contributed by atoms with Crippen LogP contribution in [0.4, 0.5) is 11.5 Å². The number of nitrogens with two attached hydrogens (primary N) is 1.